The zero-order valence-electron chi connectivity index (χ0n) is 20.7. The Hall–Kier alpha value is -3.62. The predicted molar refractivity (Wildman–Crippen MR) is 145 cm³/mol. The van der Waals surface area contributed by atoms with Crippen LogP contribution in [0.3, 0.4) is 0 Å². The molecule has 3 aromatic carbocycles. The SMILES string of the molecule is CC.Cc1cc(COc2ccc(N3C(CC(=O)O)c4ccccc4S3(=O)=O)cc2)c2cc(Cl)ccc2n1. The van der Waals surface area contributed by atoms with E-state index in [0.29, 0.717) is 22.0 Å². The maximum absolute atomic E-state index is 13.2. The molecular weight excluding hydrogens is 512 g/mol. The number of hydrogen-bond donors (Lipinski definition) is 1. The van der Waals surface area contributed by atoms with E-state index in [4.69, 9.17) is 16.3 Å². The molecule has 0 fully saturated rings. The summed E-state index contributed by atoms with van der Waals surface area (Å²) in [6, 6.07) is 19.7. The van der Waals surface area contributed by atoms with Crippen LogP contribution in [-0.2, 0) is 21.4 Å². The van der Waals surface area contributed by atoms with Gasteiger partial charge in [0.2, 0.25) is 0 Å². The monoisotopic (exact) mass is 538 g/mol. The molecule has 192 valence electrons. The van der Waals surface area contributed by atoms with E-state index in [1.807, 2.05) is 39.0 Å². The molecule has 0 aliphatic carbocycles. The molecule has 0 saturated heterocycles. The molecule has 1 N–H and O–H groups in total. The van der Waals surface area contributed by atoms with Crippen molar-refractivity contribution in [3.05, 3.63) is 94.6 Å². The molecule has 37 heavy (non-hydrogen) atoms. The summed E-state index contributed by atoms with van der Waals surface area (Å²) in [4.78, 5) is 16.2. The van der Waals surface area contributed by atoms with Gasteiger partial charge in [-0.05, 0) is 67.1 Å². The summed E-state index contributed by atoms with van der Waals surface area (Å²) in [5.41, 5.74) is 3.47. The summed E-state index contributed by atoms with van der Waals surface area (Å²) in [7, 11) is -3.89. The Kier molecular flexibility index (Phi) is 7.71. The maximum Gasteiger partial charge on any atom is 0.305 e. The molecule has 1 aliphatic heterocycles. The fourth-order valence-electron chi connectivity index (χ4n) is 4.45. The van der Waals surface area contributed by atoms with E-state index >= 15 is 0 Å². The minimum absolute atomic E-state index is 0.130. The molecule has 4 aromatic rings. The lowest BCUT2D eigenvalue weighted by Gasteiger charge is -2.24. The van der Waals surface area contributed by atoms with Gasteiger partial charge in [-0.15, -0.1) is 0 Å². The van der Waals surface area contributed by atoms with E-state index in [1.165, 1.54) is 10.4 Å². The van der Waals surface area contributed by atoms with E-state index in [0.717, 1.165) is 22.2 Å². The Bertz CT molecular complexity index is 1560. The molecular formula is C28H27ClN2O5S. The zero-order valence-corrected chi connectivity index (χ0v) is 22.3. The first kappa shape index (κ1) is 26.4. The Labute approximate surface area is 221 Å². The number of ether oxygens (including phenoxy) is 1. The Morgan fingerprint density at radius 3 is 2.46 bits per heavy atom. The number of benzene rings is 3. The van der Waals surface area contributed by atoms with E-state index in [1.54, 1.807) is 48.5 Å². The summed E-state index contributed by atoms with van der Waals surface area (Å²) in [6.45, 7) is 6.18. The number of halogens is 1. The van der Waals surface area contributed by atoms with Gasteiger partial charge in [0.15, 0.2) is 0 Å². The predicted octanol–water partition coefficient (Wildman–Crippen LogP) is 6.53. The van der Waals surface area contributed by atoms with Crippen molar-refractivity contribution >= 4 is 44.2 Å². The summed E-state index contributed by atoms with van der Waals surface area (Å²) < 4.78 is 33.6. The molecule has 1 aromatic heterocycles. The fraction of sp³-hybridized carbons (Fsp3) is 0.214. The molecule has 0 spiro atoms. The minimum atomic E-state index is -3.89. The Balaban J connectivity index is 0.00000156. The molecule has 0 radical (unpaired) electrons. The zero-order chi connectivity index (χ0) is 26.7. The van der Waals surface area contributed by atoms with E-state index in [-0.39, 0.29) is 17.9 Å². The number of sulfonamides is 1. The molecule has 0 saturated carbocycles. The van der Waals surface area contributed by atoms with Gasteiger partial charge in [0, 0.05) is 21.7 Å². The number of carboxylic acid groups (broad SMARTS) is 1. The summed E-state index contributed by atoms with van der Waals surface area (Å²) >= 11 is 6.17. The minimum Gasteiger partial charge on any atom is -0.489 e. The lowest BCUT2D eigenvalue weighted by molar-refractivity contribution is -0.137. The topological polar surface area (TPSA) is 96.8 Å². The third-order valence-corrected chi connectivity index (χ3v) is 8.08. The number of pyridine rings is 1. The average Bonchev–Trinajstić information content (AvgIpc) is 3.10. The van der Waals surface area contributed by atoms with Crippen molar-refractivity contribution in [1.29, 1.82) is 0 Å². The highest BCUT2D eigenvalue weighted by atomic mass is 35.5. The fourth-order valence-corrected chi connectivity index (χ4v) is 6.51. The van der Waals surface area contributed by atoms with Crippen molar-refractivity contribution in [1.82, 2.24) is 4.98 Å². The number of rotatable bonds is 6. The van der Waals surface area contributed by atoms with E-state index < -0.39 is 22.0 Å². The third kappa shape index (κ3) is 5.26. The van der Waals surface area contributed by atoms with Gasteiger partial charge in [-0.3, -0.25) is 14.1 Å². The van der Waals surface area contributed by atoms with Crippen LogP contribution >= 0.6 is 11.6 Å². The molecule has 0 amide bonds. The van der Waals surface area contributed by atoms with Crippen LogP contribution in [0, 0.1) is 6.92 Å². The number of anilines is 1. The first-order valence-corrected chi connectivity index (χ1v) is 13.7. The van der Waals surface area contributed by atoms with Gasteiger partial charge in [0.05, 0.1) is 28.6 Å². The van der Waals surface area contributed by atoms with Crippen molar-refractivity contribution in [3.63, 3.8) is 0 Å². The number of carboxylic acids is 1. The summed E-state index contributed by atoms with van der Waals surface area (Å²) in [6.07, 6.45) is -0.342. The Morgan fingerprint density at radius 1 is 1.05 bits per heavy atom. The third-order valence-electron chi connectivity index (χ3n) is 5.94. The van der Waals surface area contributed by atoms with Crippen LogP contribution in [0.4, 0.5) is 5.69 Å². The molecule has 2 heterocycles. The normalized spacial score (nSPS) is 15.6. The molecule has 7 nitrogen and oxygen atoms in total. The van der Waals surface area contributed by atoms with Crippen molar-refractivity contribution in [2.24, 2.45) is 0 Å². The highest BCUT2D eigenvalue weighted by Crippen LogP contribution is 2.44. The van der Waals surface area contributed by atoms with Gasteiger partial charge in [-0.25, -0.2) is 8.42 Å². The lowest BCUT2D eigenvalue weighted by atomic mass is 10.0. The lowest BCUT2D eigenvalue weighted by Crippen LogP contribution is -2.29. The van der Waals surface area contributed by atoms with E-state index in [9.17, 15) is 18.3 Å². The van der Waals surface area contributed by atoms with Crippen LogP contribution in [0.2, 0.25) is 5.02 Å². The molecule has 0 bridgehead atoms. The molecule has 1 atom stereocenters. The molecule has 1 aliphatic rings. The van der Waals surface area contributed by atoms with Gasteiger partial charge < -0.3 is 9.84 Å². The number of hydrogen-bond acceptors (Lipinski definition) is 5. The standard InChI is InChI=1S/C26H21ClN2O5S.C2H6/c1-16-12-17(22-13-18(27)6-11-23(22)28-16)15-34-20-9-7-19(8-10-20)29-24(14-26(30)31)21-4-2-3-5-25(21)35(29,32)33;1-2/h2-13,24H,14-15H2,1H3,(H,30,31);1-2H3. The largest absolute Gasteiger partial charge is 0.489 e. The van der Waals surface area contributed by atoms with Crippen LogP contribution in [-0.4, -0.2) is 24.5 Å². The summed E-state index contributed by atoms with van der Waals surface area (Å²) in [5, 5.41) is 10.9. The highest BCUT2D eigenvalue weighted by molar-refractivity contribution is 7.93. The van der Waals surface area contributed by atoms with Gasteiger partial charge in [0.25, 0.3) is 10.0 Å². The smallest absolute Gasteiger partial charge is 0.305 e. The number of nitrogens with zero attached hydrogens (tertiary/aromatic N) is 2. The first-order chi connectivity index (χ1) is 17.7. The number of carbonyl (C=O) groups is 1. The van der Waals surface area contributed by atoms with E-state index in [2.05, 4.69) is 4.98 Å². The highest BCUT2D eigenvalue weighted by Gasteiger charge is 2.43. The second-order valence-corrected chi connectivity index (χ2v) is 10.5. The van der Waals surface area contributed by atoms with Crippen molar-refractivity contribution in [2.45, 2.75) is 44.7 Å². The molecule has 5 rings (SSSR count). The quantitative estimate of drug-likeness (QED) is 0.300. The van der Waals surface area contributed by atoms with Gasteiger partial charge in [-0.2, -0.15) is 0 Å². The van der Waals surface area contributed by atoms with Gasteiger partial charge in [0.1, 0.15) is 12.4 Å². The first-order valence-electron chi connectivity index (χ1n) is 11.9. The number of aryl methyl sites for hydroxylation is 1. The maximum atomic E-state index is 13.2. The number of fused-ring (bicyclic) bond motifs is 2. The molecule has 1 unspecified atom stereocenters. The summed E-state index contributed by atoms with van der Waals surface area (Å²) in [5.74, 6) is -0.533. The van der Waals surface area contributed by atoms with Crippen LogP contribution in [0.15, 0.2) is 77.7 Å². The second kappa shape index (κ2) is 10.8. The number of aromatic nitrogens is 1. The second-order valence-electron chi connectivity index (χ2n) is 8.32. The molecule has 9 heteroatoms. The van der Waals surface area contributed by atoms with Gasteiger partial charge in [-0.1, -0.05) is 43.6 Å². The van der Waals surface area contributed by atoms with Crippen molar-refractivity contribution in [2.75, 3.05) is 4.31 Å². The van der Waals surface area contributed by atoms with Crippen LogP contribution in [0.1, 0.15) is 43.1 Å². The van der Waals surface area contributed by atoms with Crippen LogP contribution in [0.25, 0.3) is 10.9 Å². The van der Waals surface area contributed by atoms with Crippen molar-refractivity contribution < 1.29 is 23.1 Å². The van der Waals surface area contributed by atoms with Gasteiger partial charge >= 0.3 is 5.97 Å². The average molecular weight is 539 g/mol. The Morgan fingerprint density at radius 2 is 1.76 bits per heavy atom. The van der Waals surface area contributed by atoms with Crippen LogP contribution < -0.4 is 9.04 Å². The van der Waals surface area contributed by atoms with Crippen molar-refractivity contribution in [3.8, 4) is 5.75 Å². The number of aliphatic carboxylic acids is 1. The van der Waals surface area contributed by atoms with Crippen LogP contribution in [0.5, 0.6) is 5.75 Å².